The summed E-state index contributed by atoms with van der Waals surface area (Å²) >= 11 is 0. The summed E-state index contributed by atoms with van der Waals surface area (Å²) in [4.78, 5) is 0. The van der Waals surface area contributed by atoms with Crippen molar-refractivity contribution in [2.75, 3.05) is 6.54 Å². The smallest absolute Gasteiger partial charge is 0.00407 e. The zero-order valence-electron chi connectivity index (χ0n) is 9.92. The monoisotopic (exact) mass is 195 g/mol. The van der Waals surface area contributed by atoms with Crippen molar-refractivity contribution in [1.82, 2.24) is 0 Å². The van der Waals surface area contributed by atoms with E-state index < -0.39 is 0 Å². The summed E-state index contributed by atoms with van der Waals surface area (Å²) in [5.74, 6) is 3.74. The van der Waals surface area contributed by atoms with E-state index in [1.807, 2.05) is 0 Å². The van der Waals surface area contributed by atoms with E-state index >= 15 is 0 Å². The van der Waals surface area contributed by atoms with Crippen LogP contribution >= 0.6 is 0 Å². The van der Waals surface area contributed by atoms with Crippen molar-refractivity contribution >= 4 is 0 Å². The van der Waals surface area contributed by atoms with E-state index in [4.69, 9.17) is 5.73 Å². The third-order valence-corrected chi connectivity index (χ3v) is 4.96. The number of hydrogen-bond donors (Lipinski definition) is 1. The minimum absolute atomic E-state index is 0.556. The minimum Gasteiger partial charge on any atom is -0.330 e. The SMILES string of the molecule is CC1CCC(C2C(CN)C2(C)C)CC1. The Morgan fingerprint density at radius 2 is 1.71 bits per heavy atom. The molecule has 14 heavy (non-hydrogen) atoms. The van der Waals surface area contributed by atoms with Gasteiger partial charge in [0.25, 0.3) is 0 Å². The summed E-state index contributed by atoms with van der Waals surface area (Å²) in [6, 6.07) is 0. The first-order valence-corrected chi connectivity index (χ1v) is 6.27. The molecule has 0 aromatic carbocycles. The molecule has 2 rings (SSSR count). The number of nitrogens with two attached hydrogens (primary N) is 1. The lowest BCUT2D eigenvalue weighted by molar-refractivity contribution is 0.242. The predicted molar refractivity (Wildman–Crippen MR) is 60.9 cm³/mol. The molecule has 2 fully saturated rings. The Morgan fingerprint density at radius 3 is 2.14 bits per heavy atom. The largest absolute Gasteiger partial charge is 0.330 e. The fourth-order valence-corrected chi connectivity index (χ4v) is 3.82. The topological polar surface area (TPSA) is 26.0 Å². The molecule has 0 radical (unpaired) electrons. The molecular formula is C13H25N. The van der Waals surface area contributed by atoms with Crippen LogP contribution in [0.3, 0.4) is 0 Å². The van der Waals surface area contributed by atoms with Gasteiger partial charge in [-0.15, -0.1) is 0 Å². The summed E-state index contributed by atoms with van der Waals surface area (Å²) in [5, 5.41) is 0. The highest BCUT2D eigenvalue weighted by Gasteiger charge is 2.59. The molecule has 1 heteroatoms. The Labute approximate surface area is 88.4 Å². The highest BCUT2D eigenvalue weighted by molar-refractivity contribution is 5.08. The summed E-state index contributed by atoms with van der Waals surface area (Å²) < 4.78 is 0. The lowest BCUT2D eigenvalue weighted by Crippen LogP contribution is -2.16. The zero-order valence-corrected chi connectivity index (χ0v) is 9.92. The Morgan fingerprint density at radius 1 is 1.14 bits per heavy atom. The predicted octanol–water partition coefficient (Wildman–Crippen LogP) is 3.04. The van der Waals surface area contributed by atoms with Crippen molar-refractivity contribution in [3.05, 3.63) is 0 Å². The van der Waals surface area contributed by atoms with Crippen LogP contribution in [0.15, 0.2) is 0 Å². The van der Waals surface area contributed by atoms with Crippen LogP contribution in [0.25, 0.3) is 0 Å². The Balaban J connectivity index is 1.92. The van der Waals surface area contributed by atoms with Crippen molar-refractivity contribution in [3.8, 4) is 0 Å². The van der Waals surface area contributed by atoms with Crippen LogP contribution < -0.4 is 5.73 Å². The van der Waals surface area contributed by atoms with Crippen LogP contribution in [0.4, 0.5) is 0 Å². The standard InChI is InChI=1S/C13H25N/c1-9-4-6-10(7-5-9)12-11(8-14)13(12,2)3/h9-12H,4-8,14H2,1-3H3. The number of rotatable bonds is 2. The third-order valence-electron chi connectivity index (χ3n) is 4.96. The van der Waals surface area contributed by atoms with Crippen LogP contribution in [0, 0.1) is 29.1 Å². The first-order valence-electron chi connectivity index (χ1n) is 6.27. The first-order chi connectivity index (χ1) is 6.57. The maximum Gasteiger partial charge on any atom is -0.00407 e. The van der Waals surface area contributed by atoms with Gasteiger partial charge in [0.1, 0.15) is 0 Å². The van der Waals surface area contributed by atoms with E-state index in [-0.39, 0.29) is 0 Å². The molecule has 2 unspecified atom stereocenters. The molecule has 0 aromatic heterocycles. The average Bonchev–Trinajstić information content (AvgIpc) is 2.69. The van der Waals surface area contributed by atoms with E-state index in [9.17, 15) is 0 Å². The van der Waals surface area contributed by atoms with Crippen LogP contribution in [-0.4, -0.2) is 6.54 Å². The molecule has 2 aliphatic carbocycles. The third kappa shape index (κ3) is 1.60. The van der Waals surface area contributed by atoms with E-state index in [1.165, 1.54) is 25.7 Å². The van der Waals surface area contributed by atoms with Crippen molar-refractivity contribution in [1.29, 1.82) is 0 Å². The molecule has 82 valence electrons. The molecule has 0 spiro atoms. The van der Waals surface area contributed by atoms with Gasteiger partial charge >= 0.3 is 0 Å². The van der Waals surface area contributed by atoms with E-state index in [2.05, 4.69) is 20.8 Å². The lowest BCUT2D eigenvalue weighted by atomic mass is 9.79. The molecule has 0 amide bonds. The summed E-state index contributed by atoms with van der Waals surface area (Å²) in [6.45, 7) is 8.12. The second kappa shape index (κ2) is 3.52. The fourth-order valence-electron chi connectivity index (χ4n) is 3.82. The van der Waals surface area contributed by atoms with Gasteiger partial charge in [-0.3, -0.25) is 0 Å². The lowest BCUT2D eigenvalue weighted by Gasteiger charge is -2.27. The van der Waals surface area contributed by atoms with Gasteiger partial charge in [0.15, 0.2) is 0 Å². The maximum absolute atomic E-state index is 5.83. The van der Waals surface area contributed by atoms with Crippen LogP contribution in [-0.2, 0) is 0 Å². The van der Waals surface area contributed by atoms with Gasteiger partial charge in [0, 0.05) is 0 Å². The van der Waals surface area contributed by atoms with Crippen molar-refractivity contribution < 1.29 is 0 Å². The molecule has 2 aliphatic rings. The Kier molecular flexibility index (Phi) is 2.63. The van der Waals surface area contributed by atoms with Crippen molar-refractivity contribution in [3.63, 3.8) is 0 Å². The molecule has 0 aromatic rings. The van der Waals surface area contributed by atoms with E-state index in [1.54, 1.807) is 0 Å². The molecule has 0 bridgehead atoms. The minimum atomic E-state index is 0.556. The van der Waals surface area contributed by atoms with Crippen LogP contribution in [0.2, 0.25) is 0 Å². The van der Waals surface area contributed by atoms with E-state index in [0.717, 1.165) is 30.2 Å². The normalized spacial score (nSPS) is 46.3. The quantitative estimate of drug-likeness (QED) is 0.720. The van der Waals surface area contributed by atoms with Crippen LogP contribution in [0.5, 0.6) is 0 Å². The van der Waals surface area contributed by atoms with Gasteiger partial charge in [0.2, 0.25) is 0 Å². The molecule has 2 atom stereocenters. The molecule has 1 nitrogen and oxygen atoms in total. The van der Waals surface area contributed by atoms with E-state index in [0.29, 0.717) is 5.41 Å². The Bertz CT molecular complexity index is 201. The molecule has 2 N–H and O–H groups in total. The fraction of sp³-hybridized carbons (Fsp3) is 1.00. The Hall–Kier alpha value is -0.0400. The molecule has 0 saturated heterocycles. The second-order valence-electron chi connectivity index (χ2n) is 6.21. The van der Waals surface area contributed by atoms with Gasteiger partial charge in [-0.05, 0) is 48.5 Å². The first kappa shape index (κ1) is 10.5. The average molecular weight is 195 g/mol. The zero-order chi connectivity index (χ0) is 10.3. The summed E-state index contributed by atoms with van der Waals surface area (Å²) in [5.41, 5.74) is 6.39. The second-order valence-corrected chi connectivity index (χ2v) is 6.21. The highest BCUT2D eigenvalue weighted by Crippen LogP contribution is 2.63. The molecular weight excluding hydrogens is 170 g/mol. The van der Waals surface area contributed by atoms with Crippen molar-refractivity contribution in [2.24, 2.45) is 34.8 Å². The van der Waals surface area contributed by atoms with Crippen LogP contribution in [0.1, 0.15) is 46.5 Å². The molecule has 2 saturated carbocycles. The van der Waals surface area contributed by atoms with Gasteiger partial charge in [-0.1, -0.05) is 33.6 Å². The number of hydrogen-bond acceptors (Lipinski definition) is 1. The van der Waals surface area contributed by atoms with Gasteiger partial charge < -0.3 is 5.73 Å². The summed E-state index contributed by atoms with van der Waals surface area (Å²) in [7, 11) is 0. The van der Waals surface area contributed by atoms with Gasteiger partial charge in [0.05, 0.1) is 0 Å². The van der Waals surface area contributed by atoms with Gasteiger partial charge in [-0.2, -0.15) is 0 Å². The summed E-state index contributed by atoms with van der Waals surface area (Å²) in [6.07, 6.45) is 5.83. The maximum atomic E-state index is 5.83. The van der Waals surface area contributed by atoms with Crippen molar-refractivity contribution in [2.45, 2.75) is 46.5 Å². The molecule has 0 heterocycles. The van der Waals surface area contributed by atoms with Gasteiger partial charge in [-0.25, -0.2) is 0 Å². The highest BCUT2D eigenvalue weighted by atomic mass is 14.7. The molecule has 0 aliphatic heterocycles.